The van der Waals surface area contributed by atoms with E-state index in [1.165, 1.54) is 4.31 Å². The van der Waals surface area contributed by atoms with E-state index in [0.29, 0.717) is 11.3 Å². The predicted molar refractivity (Wildman–Crippen MR) is 144 cm³/mol. The molecule has 0 aliphatic rings. The molecule has 5 nitrogen and oxygen atoms in total. The maximum Gasteiger partial charge on any atom is 0.264 e. The van der Waals surface area contributed by atoms with Crippen LogP contribution < -0.4 is 9.62 Å². The molecule has 0 aliphatic heterocycles. The van der Waals surface area contributed by atoms with Crippen LogP contribution in [0.1, 0.15) is 45.6 Å². The summed E-state index contributed by atoms with van der Waals surface area (Å²) in [6.45, 7) is 5.93. The van der Waals surface area contributed by atoms with Crippen LogP contribution in [0, 0.1) is 13.8 Å². The van der Waals surface area contributed by atoms with Gasteiger partial charge in [-0.15, -0.1) is 0 Å². The first kappa shape index (κ1) is 25.2. The molecule has 1 atom stereocenters. The summed E-state index contributed by atoms with van der Waals surface area (Å²) in [5.41, 5.74) is 4.52. The maximum atomic E-state index is 13.9. The quantitative estimate of drug-likeness (QED) is 0.315. The van der Waals surface area contributed by atoms with Gasteiger partial charge in [0.15, 0.2) is 0 Å². The minimum atomic E-state index is -3.96. The number of nitrogens with zero attached hydrogens (tertiary/aromatic N) is 1. The summed E-state index contributed by atoms with van der Waals surface area (Å²) in [4.78, 5) is 13.6. The molecule has 4 aromatic carbocycles. The average Bonchev–Trinajstić information content (AvgIpc) is 2.88. The van der Waals surface area contributed by atoms with Crippen molar-refractivity contribution in [2.45, 2.75) is 38.3 Å². The van der Waals surface area contributed by atoms with Crippen molar-refractivity contribution in [3.63, 3.8) is 0 Å². The summed E-state index contributed by atoms with van der Waals surface area (Å²) in [6, 6.07) is 30.7. The third-order valence-corrected chi connectivity index (χ3v) is 7.89. The van der Waals surface area contributed by atoms with Crippen LogP contribution in [0.3, 0.4) is 0 Å². The van der Waals surface area contributed by atoms with Gasteiger partial charge in [0, 0.05) is 0 Å². The first-order chi connectivity index (χ1) is 17.3. The first-order valence-corrected chi connectivity index (χ1v) is 13.3. The van der Waals surface area contributed by atoms with Gasteiger partial charge in [0.2, 0.25) is 0 Å². The van der Waals surface area contributed by atoms with Gasteiger partial charge in [-0.2, -0.15) is 0 Å². The van der Waals surface area contributed by atoms with Crippen LogP contribution in [0.5, 0.6) is 0 Å². The first-order valence-electron chi connectivity index (χ1n) is 11.9. The van der Waals surface area contributed by atoms with E-state index in [4.69, 9.17) is 0 Å². The summed E-state index contributed by atoms with van der Waals surface area (Å²) in [6.07, 6.45) is 0. The van der Waals surface area contributed by atoms with Crippen molar-refractivity contribution in [1.82, 2.24) is 5.32 Å². The Morgan fingerprint density at radius 3 is 1.97 bits per heavy atom. The summed E-state index contributed by atoms with van der Waals surface area (Å²) >= 11 is 0. The topological polar surface area (TPSA) is 66.5 Å². The van der Waals surface area contributed by atoms with Crippen LogP contribution >= 0.6 is 0 Å². The molecule has 0 saturated carbocycles. The van der Waals surface area contributed by atoms with Crippen LogP contribution in [0.25, 0.3) is 0 Å². The monoisotopic (exact) mass is 498 g/mol. The van der Waals surface area contributed by atoms with Crippen molar-refractivity contribution in [1.29, 1.82) is 0 Å². The summed E-state index contributed by atoms with van der Waals surface area (Å²) in [7, 11) is -3.96. The molecule has 0 fully saturated rings. The number of carbonyl (C=O) groups is 1. The smallest absolute Gasteiger partial charge is 0.264 e. The lowest BCUT2D eigenvalue weighted by Crippen LogP contribution is -2.34. The molecule has 0 saturated heterocycles. The molecule has 36 heavy (non-hydrogen) atoms. The zero-order chi connectivity index (χ0) is 25.7. The van der Waals surface area contributed by atoms with Crippen molar-refractivity contribution in [3.8, 4) is 0 Å². The maximum absolute atomic E-state index is 13.9. The van der Waals surface area contributed by atoms with Crippen molar-refractivity contribution < 1.29 is 13.2 Å². The van der Waals surface area contributed by atoms with Crippen LogP contribution in [0.2, 0.25) is 0 Å². The Morgan fingerprint density at radius 2 is 1.33 bits per heavy atom. The third-order valence-electron chi connectivity index (χ3n) is 6.12. The number of carbonyl (C=O) groups excluding carboxylic acids is 1. The second-order valence-electron chi connectivity index (χ2n) is 8.93. The van der Waals surface area contributed by atoms with Gasteiger partial charge in [0.25, 0.3) is 15.9 Å². The van der Waals surface area contributed by atoms with E-state index in [-0.39, 0.29) is 23.4 Å². The van der Waals surface area contributed by atoms with Gasteiger partial charge in [0.05, 0.1) is 28.7 Å². The van der Waals surface area contributed by atoms with E-state index >= 15 is 0 Å². The molecular formula is C30H30N2O3S. The Hall–Kier alpha value is -3.90. The average molecular weight is 499 g/mol. The van der Waals surface area contributed by atoms with Crippen molar-refractivity contribution in [2.24, 2.45) is 0 Å². The van der Waals surface area contributed by atoms with Gasteiger partial charge in [-0.3, -0.25) is 9.10 Å². The predicted octanol–water partition coefficient (Wildman–Crippen LogP) is 6.19. The Morgan fingerprint density at radius 1 is 0.778 bits per heavy atom. The Bertz CT molecular complexity index is 1430. The number of amides is 1. The molecule has 0 aliphatic carbocycles. The molecule has 6 heteroatoms. The van der Waals surface area contributed by atoms with Gasteiger partial charge < -0.3 is 5.32 Å². The van der Waals surface area contributed by atoms with E-state index in [1.807, 2.05) is 75.4 Å². The lowest BCUT2D eigenvalue weighted by molar-refractivity contribution is 0.0940. The fourth-order valence-corrected chi connectivity index (χ4v) is 5.45. The minimum absolute atomic E-state index is 0.0921. The number of hydrogen-bond donors (Lipinski definition) is 1. The summed E-state index contributed by atoms with van der Waals surface area (Å²) in [5.74, 6) is -0.337. The fourth-order valence-electron chi connectivity index (χ4n) is 3.98. The Labute approximate surface area is 213 Å². The number of aryl methyl sites for hydroxylation is 2. The molecule has 0 heterocycles. The molecule has 1 N–H and O–H groups in total. The summed E-state index contributed by atoms with van der Waals surface area (Å²) < 4.78 is 29.1. The van der Waals surface area contributed by atoms with E-state index in [1.54, 1.807) is 48.5 Å². The van der Waals surface area contributed by atoms with Gasteiger partial charge in [-0.25, -0.2) is 8.42 Å². The molecule has 4 aromatic rings. The van der Waals surface area contributed by atoms with Crippen LogP contribution in [0.4, 0.5) is 5.69 Å². The highest BCUT2D eigenvalue weighted by Crippen LogP contribution is 2.30. The molecule has 1 amide bonds. The highest BCUT2D eigenvalue weighted by molar-refractivity contribution is 7.92. The molecule has 4 rings (SSSR count). The molecule has 0 unspecified atom stereocenters. The van der Waals surface area contributed by atoms with Crippen molar-refractivity contribution in [3.05, 3.63) is 131 Å². The van der Waals surface area contributed by atoms with E-state index < -0.39 is 10.0 Å². The van der Waals surface area contributed by atoms with Crippen LogP contribution in [-0.2, 0) is 16.6 Å². The van der Waals surface area contributed by atoms with E-state index in [2.05, 4.69) is 5.32 Å². The van der Waals surface area contributed by atoms with Gasteiger partial charge in [-0.1, -0.05) is 90.0 Å². The lowest BCUT2D eigenvalue weighted by atomic mass is 10.1. The van der Waals surface area contributed by atoms with Gasteiger partial charge in [0.1, 0.15) is 0 Å². The van der Waals surface area contributed by atoms with E-state index in [0.717, 1.165) is 22.3 Å². The standard InChI is InChI=1S/C30H30N2O3S/c1-22-13-17-26(18-14-22)24(3)31-30(33)28-11-7-8-12-29(28)32(21-25-9-5-4-6-10-25)36(34,35)27-19-15-23(2)16-20-27/h4-20,24H,21H2,1-3H3,(H,31,33)/t24-/m0/s1. The van der Waals surface area contributed by atoms with Crippen LogP contribution in [0.15, 0.2) is 108 Å². The normalized spacial score (nSPS) is 12.1. The Kier molecular flexibility index (Phi) is 7.55. The SMILES string of the molecule is Cc1ccc([C@H](C)NC(=O)c2ccccc2N(Cc2ccccc2)S(=O)(=O)c2ccc(C)cc2)cc1. The molecule has 184 valence electrons. The number of hydrogen-bond acceptors (Lipinski definition) is 3. The van der Waals surface area contributed by atoms with E-state index in [9.17, 15) is 13.2 Å². The van der Waals surface area contributed by atoms with Gasteiger partial charge in [-0.05, 0) is 56.2 Å². The number of sulfonamides is 1. The number of benzene rings is 4. The minimum Gasteiger partial charge on any atom is -0.345 e. The number of rotatable bonds is 8. The van der Waals surface area contributed by atoms with Crippen molar-refractivity contribution in [2.75, 3.05) is 4.31 Å². The molecule has 0 aromatic heterocycles. The second kappa shape index (κ2) is 10.8. The number of nitrogens with one attached hydrogen (secondary N) is 1. The summed E-state index contributed by atoms with van der Waals surface area (Å²) in [5, 5.41) is 3.03. The molecule has 0 radical (unpaired) electrons. The molecule has 0 bridgehead atoms. The highest BCUT2D eigenvalue weighted by Gasteiger charge is 2.29. The molecule has 0 spiro atoms. The zero-order valence-electron chi connectivity index (χ0n) is 20.7. The molecular weight excluding hydrogens is 468 g/mol. The second-order valence-corrected chi connectivity index (χ2v) is 10.8. The Balaban J connectivity index is 1.74. The fraction of sp³-hybridized carbons (Fsp3) is 0.167. The van der Waals surface area contributed by atoms with Gasteiger partial charge >= 0.3 is 0 Å². The lowest BCUT2D eigenvalue weighted by Gasteiger charge is -2.27. The highest BCUT2D eigenvalue weighted by atomic mass is 32.2. The number of para-hydroxylation sites is 1. The van der Waals surface area contributed by atoms with Crippen LogP contribution in [-0.4, -0.2) is 14.3 Å². The largest absolute Gasteiger partial charge is 0.345 e. The van der Waals surface area contributed by atoms with Crippen molar-refractivity contribution >= 4 is 21.6 Å². The zero-order valence-corrected chi connectivity index (χ0v) is 21.5. The number of anilines is 1. The third kappa shape index (κ3) is 5.66.